The molecule has 0 bridgehead atoms. The minimum absolute atomic E-state index is 0.0325. The molecule has 0 amide bonds. The third-order valence-electron chi connectivity index (χ3n) is 4.24. The van der Waals surface area contributed by atoms with Gasteiger partial charge in [-0.1, -0.05) is 37.4 Å². The number of hydrogen-bond acceptors (Lipinski definition) is 6. The molecule has 0 unspecified atom stereocenters. The normalized spacial score (nSPS) is 10.6. The molecule has 9 heteroatoms. The molecular formula is C20H26ClN3O5. The Morgan fingerprint density at radius 3 is 2.79 bits per heavy atom. The highest BCUT2D eigenvalue weighted by atomic mass is 35.5. The Balaban J connectivity index is 2.06. The van der Waals surface area contributed by atoms with E-state index in [1.54, 1.807) is 7.11 Å². The molecule has 1 heterocycles. The van der Waals surface area contributed by atoms with Crippen molar-refractivity contribution in [2.24, 2.45) is 0 Å². The third-order valence-corrected chi connectivity index (χ3v) is 4.60. The number of carboxylic acid groups (broad SMARTS) is 1. The summed E-state index contributed by atoms with van der Waals surface area (Å²) in [6.07, 6.45) is 4.41. The van der Waals surface area contributed by atoms with Gasteiger partial charge in [-0.15, -0.1) is 0 Å². The highest BCUT2D eigenvalue weighted by molar-refractivity contribution is 6.32. The molecule has 1 aromatic carbocycles. The second kappa shape index (κ2) is 11.3. The van der Waals surface area contributed by atoms with Gasteiger partial charge in [-0.05, 0) is 24.1 Å². The number of carbonyl (C=O) groups is 1. The van der Waals surface area contributed by atoms with Crippen molar-refractivity contribution in [3.63, 3.8) is 0 Å². The lowest BCUT2D eigenvalue weighted by Gasteiger charge is -2.14. The minimum atomic E-state index is -1.01. The lowest BCUT2D eigenvalue weighted by atomic mass is 10.2. The summed E-state index contributed by atoms with van der Waals surface area (Å²) in [6.45, 7) is 3.11. The van der Waals surface area contributed by atoms with Crippen LogP contribution in [-0.2, 0) is 17.9 Å². The number of nitrogens with one attached hydrogen (secondary N) is 1. The predicted octanol–water partition coefficient (Wildman–Crippen LogP) is 3.56. The molecule has 2 aromatic rings. The van der Waals surface area contributed by atoms with E-state index in [9.17, 15) is 9.59 Å². The van der Waals surface area contributed by atoms with Crippen molar-refractivity contribution in [1.82, 2.24) is 9.78 Å². The molecule has 0 saturated heterocycles. The third kappa shape index (κ3) is 6.67. The van der Waals surface area contributed by atoms with Crippen molar-refractivity contribution in [1.29, 1.82) is 0 Å². The Morgan fingerprint density at radius 2 is 2.10 bits per heavy atom. The van der Waals surface area contributed by atoms with Crippen LogP contribution in [-0.4, -0.2) is 34.6 Å². The monoisotopic (exact) mass is 423 g/mol. The van der Waals surface area contributed by atoms with Crippen LogP contribution in [0.25, 0.3) is 0 Å². The molecule has 0 fully saturated rings. The fraction of sp³-hybridized carbons (Fsp3) is 0.450. The number of aliphatic carboxylic acids is 1. The van der Waals surface area contributed by atoms with Crippen LogP contribution in [0.2, 0.25) is 5.02 Å². The van der Waals surface area contributed by atoms with Gasteiger partial charge in [0.1, 0.15) is 5.02 Å². The van der Waals surface area contributed by atoms with Crippen molar-refractivity contribution >= 4 is 23.3 Å². The maximum atomic E-state index is 12.2. The number of aryl methyl sites for hydroxylation is 1. The zero-order valence-corrected chi connectivity index (χ0v) is 17.4. The van der Waals surface area contributed by atoms with Crippen molar-refractivity contribution in [3.8, 4) is 11.5 Å². The first-order valence-electron chi connectivity index (χ1n) is 9.47. The van der Waals surface area contributed by atoms with E-state index in [-0.39, 0.29) is 18.0 Å². The van der Waals surface area contributed by atoms with Crippen LogP contribution in [0.4, 0.5) is 5.69 Å². The molecular weight excluding hydrogens is 398 g/mol. The molecule has 0 aliphatic heterocycles. The first-order valence-corrected chi connectivity index (χ1v) is 9.85. The summed E-state index contributed by atoms with van der Waals surface area (Å²) in [5.74, 6) is 0.312. The van der Waals surface area contributed by atoms with Crippen LogP contribution in [0.15, 0.2) is 29.2 Å². The Kier molecular flexibility index (Phi) is 8.79. The number of halogens is 1. The van der Waals surface area contributed by atoms with Crippen LogP contribution in [0.3, 0.4) is 0 Å². The van der Waals surface area contributed by atoms with Gasteiger partial charge < -0.3 is 19.9 Å². The fourth-order valence-corrected chi connectivity index (χ4v) is 2.84. The topological polar surface area (TPSA) is 103 Å². The molecule has 0 atom stereocenters. The highest BCUT2D eigenvalue weighted by Gasteiger charge is 2.11. The van der Waals surface area contributed by atoms with Crippen LogP contribution < -0.4 is 20.3 Å². The summed E-state index contributed by atoms with van der Waals surface area (Å²) < 4.78 is 12.2. The van der Waals surface area contributed by atoms with Gasteiger partial charge in [0, 0.05) is 6.54 Å². The number of rotatable bonds is 12. The minimum Gasteiger partial charge on any atom is -0.493 e. The smallest absolute Gasteiger partial charge is 0.305 e. The van der Waals surface area contributed by atoms with E-state index in [2.05, 4.69) is 17.3 Å². The SMILES string of the molecule is CCCCCOc1cc(CNc2cnn(CCC(=O)O)c(=O)c2Cl)ccc1OC. The Hall–Kier alpha value is -2.74. The first-order chi connectivity index (χ1) is 14.0. The molecule has 8 nitrogen and oxygen atoms in total. The standard InChI is InChI=1S/C20H26ClN3O5/c1-3-4-5-10-29-17-11-14(6-7-16(17)28-2)12-22-15-13-23-24(9-8-18(25)26)20(27)19(15)21/h6-7,11,13,22H,3-5,8-10,12H2,1-2H3,(H,25,26). The molecule has 0 aliphatic rings. The van der Waals surface area contributed by atoms with Gasteiger partial charge in [0.05, 0.1) is 38.6 Å². The second-order valence-electron chi connectivity index (χ2n) is 6.44. The van der Waals surface area contributed by atoms with Crippen molar-refractivity contribution in [2.75, 3.05) is 19.0 Å². The number of unbranched alkanes of at least 4 members (excludes halogenated alkanes) is 2. The van der Waals surface area contributed by atoms with Crippen LogP contribution in [0, 0.1) is 0 Å². The maximum Gasteiger partial charge on any atom is 0.305 e. The number of anilines is 1. The lowest BCUT2D eigenvalue weighted by molar-refractivity contribution is -0.137. The number of ether oxygens (including phenoxy) is 2. The summed E-state index contributed by atoms with van der Waals surface area (Å²) in [5.41, 5.74) is 0.763. The van der Waals surface area contributed by atoms with E-state index in [4.69, 9.17) is 26.2 Å². The van der Waals surface area contributed by atoms with E-state index < -0.39 is 11.5 Å². The van der Waals surface area contributed by atoms with Crippen molar-refractivity contribution in [3.05, 3.63) is 45.3 Å². The molecule has 158 valence electrons. The van der Waals surface area contributed by atoms with Crippen LogP contribution in [0.5, 0.6) is 11.5 Å². The van der Waals surface area contributed by atoms with Gasteiger partial charge >= 0.3 is 5.97 Å². The van der Waals surface area contributed by atoms with Crippen LogP contribution >= 0.6 is 11.6 Å². The number of carboxylic acids is 1. The van der Waals surface area contributed by atoms with Gasteiger partial charge in [-0.2, -0.15) is 5.10 Å². The summed E-state index contributed by atoms with van der Waals surface area (Å²) >= 11 is 6.13. The zero-order chi connectivity index (χ0) is 21.2. The number of benzene rings is 1. The second-order valence-corrected chi connectivity index (χ2v) is 6.82. The van der Waals surface area contributed by atoms with Crippen molar-refractivity contribution in [2.45, 2.75) is 45.7 Å². The molecule has 1 aromatic heterocycles. The average Bonchev–Trinajstić information content (AvgIpc) is 2.71. The molecule has 0 spiro atoms. The number of aromatic nitrogens is 2. The molecule has 2 N–H and O–H groups in total. The van der Waals surface area contributed by atoms with E-state index in [1.165, 1.54) is 6.20 Å². The summed E-state index contributed by atoms with van der Waals surface area (Å²) in [4.78, 5) is 22.9. The van der Waals surface area contributed by atoms with E-state index in [0.717, 1.165) is 29.5 Å². The zero-order valence-electron chi connectivity index (χ0n) is 16.6. The highest BCUT2D eigenvalue weighted by Crippen LogP contribution is 2.29. The largest absolute Gasteiger partial charge is 0.493 e. The van der Waals surface area contributed by atoms with Gasteiger partial charge in [-0.3, -0.25) is 9.59 Å². The Labute approximate surface area is 174 Å². The van der Waals surface area contributed by atoms with E-state index in [0.29, 0.717) is 30.3 Å². The van der Waals surface area contributed by atoms with E-state index in [1.807, 2.05) is 18.2 Å². The predicted molar refractivity (Wildman–Crippen MR) is 111 cm³/mol. The van der Waals surface area contributed by atoms with Crippen molar-refractivity contribution < 1.29 is 19.4 Å². The molecule has 2 rings (SSSR count). The van der Waals surface area contributed by atoms with Gasteiger partial charge in [0.25, 0.3) is 5.56 Å². The van der Waals surface area contributed by atoms with E-state index >= 15 is 0 Å². The maximum absolute atomic E-state index is 12.2. The molecule has 0 radical (unpaired) electrons. The molecule has 29 heavy (non-hydrogen) atoms. The Bertz CT molecular complexity index is 885. The molecule has 0 aliphatic carbocycles. The number of hydrogen-bond donors (Lipinski definition) is 2. The number of methoxy groups -OCH3 is 1. The average molecular weight is 424 g/mol. The van der Waals surface area contributed by atoms with Gasteiger partial charge in [-0.25, -0.2) is 4.68 Å². The quantitative estimate of drug-likeness (QED) is 0.503. The summed E-state index contributed by atoms with van der Waals surface area (Å²) in [5, 5.41) is 15.8. The van der Waals surface area contributed by atoms with Gasteiger partial charge in [0.15, 0.2) is 11.5 Å². The lowest BCUT2D eigenvalue weighted by Crippen LogP contribution is -2.25. The number of nitrogens with zero attached hydrogens (tertiary/aromatic N) is 2. The van der Waals surface area contributed by atoms with Crippen LogP contribution in [0.1, 0.15) is 38.2 Å². The fourth-order valence-electron chi connectivity index (χ4n) is 2.62. The van der Waals surface area contributed by atoms with Gasteiger partial charge in [0.2, 0.25) is 0 Å². The molecule has 0 saturated carbocycles. The first kappa shape index (κ1) is 22.5. The summed E-state index contributed by atoms with van der Waals surface area (Å²) in [7, 11) is 1.59. The Morgan fingerprint density at radius 1 is 1.31 bits per heavy atom. The summed E-state index contributed by atoms with van der Waals surface area (Å²) in [6, 6.07) is 5.60.